The first-order valence-electron chi connectivity index (χ1n) is 9.02. The highest BCUT2D eigenvalue weighted by Crippen LogP contribution is 2.34. The van der Waals surface area contributed by atoms with Crippen LogP contribution in [0.15, 0.2) is 30.3 Å². The second kappa shape index (κ2) is 7.18. The van der Waals surface area contributed by atoms with Gasteiger partial charge in [-0.05, 0) is 51.3 Å². The molecular weight excluding hydrogens is 316 g/mol. The molecule has 1 aliphatic heterocycles. The van der Waals surface area contributed by atoms with E-state index in [1.165, 1.54) is 0 Å². The molecule has 1 amide bonds. The SMILES string of the molecule is CC(C)(C)OC(=O)N[C@H]1c2ccccc2C=C[C@@H]1N1CCC[C@H]1CO. The number of ether oxygens (including phenoxy) is 1. The lowest BCUT2D eigenvalue weighted by Crippen LogP contribution is -2.50. The Morgan fingerprint density at radius 2 is 2.12 bits per heavy atom. The Morgan fingerprint density at radius 3 is 2.84 bits per heavy atom. The number of nitrogens with one attached hydrogen (secondary N) is 1. The van der Waals surface area contributed by atoms with Crippen LogP contribution in [0.2, 0.25) is 0 Å². The molecule has 2 N–H and O–H groups in total. The minimum atomic E-state index is -0.537. The highest BCUT2D eigenvalue weighted by atomic mass is 16.6. The van der Waals surface area contributed by atoms with Crippen molar-refractivity contribution in [3.05, 3.63) is 41.5 Å². The highest BCUT2D eigenvalue weighted by Gasteiger charge is 2.37. The minimum absolute atomic E-state index is 0.0158. The Bertz CT molecular complexity index is 651. The number of alkyl carbamates (subject to hydrolysis) is 1. The highest BCUT2D eigenvalue weighted by molar-refractivity contribution is 5.70. The fourth-order valence-electron chi connectivity index (χ4n) is 3.79. The molecule has 0 spiro atoms. The van der Waals surface area contributed by atoms with Crippen LogP contribution in [-0.2, 0) is 4.74 Å². The average molecular weight is 344 g/mol. The Balaban J connectivity index is 1.87. The molecule has 0 aromatic heterocycles. The van der Waals surface area contributed by atoms with Gasteiger partial charge in [0.2, 0.25) is 0 Å². The summed E-state index contributed by atoms with van der Waals surface area (Å²) >= 11 is 0. The molecule has 5 nitrogen and oxygen atoms in total. The van der Waals surface area contributed by atoms with E-state index in [0.29, 0.717) is 0 Å². The number of hydrogen-bond donors (Lipinski definition) is 2. The van der Waals surface area contributed by atoms with Gasteiger partial charge in [-0.15, -0.1) is 0 Å². The summed E-state index contributed by atoms with van der Waals surface area (Å²) in [5.74, 6) is 0. The van der Waals surface area contributed by atoms with E-state index in [4.69, 9.17) is 4.74 Å². The van der Waals surface area contributed by atoms with Gasteiger partial charge in [-0.3, -0.25) is 4.90 Å². The molecule has 1 saturated heterocycles. The molecule has 1 aliphatic carbocycles. The fraction of sp³-hybridized carbons (Fsp3) is 0.550. The number of hydrogen-bond acceptors (Lipinski definition) is 4. The zero-order chi connectivity index (χ0) is 18.0. The van der Waals surface area contributed by atoms with Crippen molar-refractivity contribution in [1.82, 2.24) is 10.2 Å². The lowest BCUT2D eigenvalue weighted by Gasteiger charge is -2.39. The van der Waals surface area contributed by atoms with E-state index in [2.05, 4.69) is 34.5 Å². The van der Waals surface area contributed by atoms with Crippen LogP contribution in [-0.4, -0.2) is 46.9 Å². The van der Waals surface area contributed by atoms with Crippen LogP contribution in [0, 0.1) is 0 Å². The predicted molar refractivity (Wildman–Crippen MR) is 98.2 cm³/mol. The lowest BCUT2D eigenvalue weighted by atomic mass is 9.88. The number of aliphatic hydroxyl groups excluding tert-OH is 1. The number of fused-ring (bicyclic) bond motifs is 1. The van der Waals surface area contributed by atoms with Crippen molar-refractivity contribution in [2.75, 3.05) is 13.2 Å². The van der Waals surface area contributed by atoms with E-state index >= 15 is 0 Å². The number of nitrogens with zero attached hydrogens (tertiary/aromatic N) is 1. The number of carbonyl (C=O) groups excluding carboxylic acids is 1. The van der Waals surface area contributed by atoms with E-state index in [0.717, 1.165) is 30.5 Å². The first-order chi connectivity index (χ1) is 11.9. The van der Waals surface area contributed by atoms with Gasteiger partial charge >= 0.3 is 6.09 Å². The largest absolute Gasteiger partial charge is 0.444 e. The molecule has 0 radical (unpaired) electrons. The predicted octanol–water partition coefficient (Wildman–Crippen LogP) is 3.10. The third-order valence-corrected chi connectivity index (χ3v) is 4.83. The number of amides is 1. The summed E-state index contributed by atoms with van der Waals surface area (Å²) in [4.78, 5) is 14.7. The number of likely N-dealkylation sites (tertiary alicyclic amines) is 1. The Labute approximate surface area is 149 Å². The Morgan fingerprint density at radius 1 is 1.36 bits per heavy atom. The molecular formula is C20H28N2O3. The van der Waals surface area contributed by atoms with Crippen LogP contribution in [0.3, 0.4) is 0 Å². The number of aliphatic hydroxyl groups is 1. The van der Waals surface area contributed by atoms with Crippen molar-refractivity contribution in [3.63, 3.8) is 0 Å². The minimum Gasteiger partial charge on any atom is -0.444 e. The maximum absolute atomic E-state index is 12.4. The van der Waals surface area contributed by atoms with Gasteiger partial charge in [0.1, 0.15) is 5.60 Å². The average Bonchev–Trinajstić information content (AvgIpc) is 3.02. The van der Waals surface area contributed by atoms with Gasteiger partial charge in [0.05, 0.1) is 18.7 Å². The smallest absolute Gasteiger partial charge is 0.408 e. The lowest BCUT2D eigenvalue weighted by molar-refractivity contribution is 0.0456. The van der Waals surface area contributed by atoms with E-state index in [1.54, 1.807) is 0 Å². The van der Waals surface area contributed by atoms with Gasteiger partial charge in [-0.1, -0.05) is 36.4 Å². The normalized spacial score (nSPS) is 26.3. The van der Waals surface area contributed by atoms with E-state index in [1.807, 2.05) is 32.9 Å². The van der Waals surface area contributed by atoms with Crippen LogP contribution < -0.4 is 5.32 Å². The van der Waals surface area contributed by atoms with Gasteiger partial charge < -0.3 is 15.2 Å². The molecule has 1 aromatic carbocycles. The molecule has 0 saturated carbocycles. The van der Waals surface area contributed by atoms with Crippen LogP contribution in [0.4, 0.5) is 4.79 Å². The summed E-state index contributed by atoms with van der Waals surface area (Å²) in [5.41, 5.74) is 1.66. The Hall–Kier alpha value is -1.85. The van der Waals surface area contributed by atoms with Gasteiger partial charge in [0.25, 0.3) is 0 Å². The third kappa shape index (κ3) is 4.05. The summed E-state index contributed by atoms with van der Waals surface area (Å²) in [6.07, 6.45) is 5.89. The molecule has 1 heterocycles. The molecule has 0 bridgehead atoms. The number of benzene rings is 1. The summed E-state index contributed by atoms with van der Waals surface area (Å²) in [6, 6.07) is 8.07. The van der Waals surface area contributed by atoms with Crippen molar-refractivity contribution < 1.29 is 14.6 Å². The molecule has 0 unspecified atom stereocenters. The van der Waals surface area contributed by atoms with Crippen molar-refractivity contribution in [2.24, 2.45) is 0 Å². The van der Waals surface area contributed by atoms with Gasteiger partial charge in [0.15, 0.2) is 0 Å². The second-order valence-electron chi connectivity index (χ2n) is 7.82. The van der Waals surface area contributed by atoms with E-state index in [-0.39, 0.29) is 24.7 Å². The van der Waals surface area contributed by atoms with E-state index < -0.39 is 11.7 Å². The van der Waals surface area contributed by atoms with Crippen molar-refractivity contribution >= 4 is 12.2 Å². The third-order valence-electron chi connectivity index (χ3n) is 4.83. The van der Waals surface area contributed by atoms with E-state index in [9.17, 15) is 9.90 Å². The molecule has 3 rings (SSSR count). The number of rotatable bonds is 3. The maximum Gasteiger partial charge on any atom is 0.408 e. The van der Waals surface area contributed by atoms with Gasteiger partial charge in [-0.25, -0.2) is 4.79 Å². The monoisotopic (exact) mass is 344 g/mol. The molecule has 1 fully saturated rings. The first kappa shape index (κ1) is 18.0. The van der Waals surface area contributed by atoms with Gasteiger partial charge in [0, 0.05) is 6.04 Å². The second-order valence-corrected chi connectivity index (χ2v) is 7.82. The number of carbonyl (C=O) groups is 1. The van der Waals surface area contributed by atoms with Crippen molar-refractivity contribution in [3.8, 4) is 0 Å². The van der Waals surface area contributed by atoms with Crippen molar-refractivity contribution in [1.29, 1.82) is 0 Å². The standard InChI is InChI=1S/C20H28N2O3/c1-20(2,3)25-19(24)21-18-16-9-5-4-7-14(16)10-11-17(18)22-12-6-8-15(22)13-23/h4-5,7,9-11,15,17-18,23H,6,8,12-13H2,1-3H3,(H,21,24)/t15-,17-,18-/m0/s1. The zero-order valence-electron chi connectivity index (χ0n) is 15.2. The molecule has 1 aromatic rings. The van der Waals surface area contributed by atoms with Crippen LogP contribution in [0.5, 0.6) is 0 Å². The molecule has 5 heteroatoms. The molecule has 3 atom stereocenters. The van der Waals surface area contributed by atoms with Crippen LogP contribution in [0.1, 0.15) is 50.8 Å². The maximum atomic E-state index is 12.4. The van der Waals surface area contributed by atoms with Gasteiger partial charge in [-0.2, -0.15) is 0 Å². The fourth-order valence-corrected chi connectivity index (χ4v) is 3.79. The quantitative estimate of drug-likeness (QED) is 0.884. The Kier molecular flexibility index (Phi) is 5.16. The summed E-state index contributed by atoms with van der Waals surface area (Å²) in [6.45, 7) is 6.66. The first-order valence-corrected chi connectivity index (χ1v) is 9.02. The zero-order valence-corrected chi connectivity index (χ0v) is 15.2. The van der Waals surface area contributed by atoms with Crippen LogP contribution in [0.25, 0.3) is 6.08 Å². The van der Waals surface area contributed by atoms with Crippen molar-refractivity contribution in [2.45, 2.75) is 57.3 Å². The van der Waals surface area contributed by atoms with Crippen LogP contribution >= 0.6 is 0 Å². The summed E-state index contributed by atoms with van der Waals surface area (Å²) in [7, 11) is 0. The molecule has 2 aliphatic rings. The molecule has 136 valence electrons. The summed E-state index contributed by atoms with van der Waals surface area (Å²) in [5, 5.41) is 12.8. The summed E-state index contributed by atoms with van der Waals surface area (Å²) < 4.78 is 5.48. The molecule has 25 heavy (non-hydrogen) atoms. The topological polar surface area (TPSA) is 61.8 Å².